The Morgan fingerprint density at radius 2 is 0.779 bits per heavy atom. The van der Waals surface area contributed by atoms with Crippen molar-refractivity contribution in [1.82, 2.24) is 0 Å². The Morgan fingerprint density at radius 3 is 1.44 bits per heavy atom. The summed E-state index contributed by atoms with van der Waals surface area (Å²) in [6.45, 7) is 11.7. The average Bonchev–Trinajstić information content (AvgIpc) is 1.59. The lowest BCUT2D eigenvalue weighted by Gasteiger charge is -2.29. The first kappa shape index (κ1) is 56.3. The molecule has 0 spiro atoms. The molecule has 95 heavy (non-hydrogen) atoms. The van der Waals surface area contributed by atoms with Crippen molar-refractivity contribution in [2.24, 2.45) is 5.92 Å². The largest absolute Gasteiger partial charge is 0.455 e. The summed E-state index contributed by atoms with van der Waals surface area (Å²) in [7, 11) is 0. The van der Waals surface area contributed by atoms with E-state index in [2.05, 4.69) is 348 Å². The maximum Gasteiger partial charge on any atom is 0.159 e. The first-order chi connectivity index (χ1) is 46.5. The molecule has 1 unspecified atom stereocenters. The molecule has 0 bridgehead atoms. The lowest BCUT2D eigenvalue weighted by Crippen LogP contribution is -2.16. The lowest BCUT2D eigenvalue weighted by atomic mass is 9.82. The highest BCUT2D eigenvalue weighted by atomic mass is 16.3. The van der Waals surface area contributed by atoms with Crippen molar-refractivity contribution in [1.29, 1.82) is 0 Å². The predicted octanol–water partition coefficient (Wildman–Crippen LogP) is 25.7. The van der Waals surface area contributed by atoms with Crippen LogP contribution in [0.4, 0.5) is 34.1 Å². The van der Waals surface area contributed by atoms with Gasteiger partial charge in [0.2, 0.25) is 0 Å². The summed E-state index contributed by atoms with van der Waals surface area (Å²) in [5.74, 6) is 0.463. The van der Waals surface area contributed by atoms with Crippen LogP contribution in [0.5, 0.6) is 0 Å². The summed E-state index contributed by atoms with van der Waals surface area (Å²) in [5, 5.41) is 4.31. The van der Waals surface area contributed by atoms with Crippen LogP contribution >= 0.6 is 0 Å². The first-order valence-electron chi connectivity index (χ1n) is 33.4. The van der Waals surface area contributed by atoms with Gasteiger partial charge >= 0.3 is 0 Å². The maximum atomic E-state index is 7.36. The molecule has 0 amide bonds. The molecule has 13 aromatic carbocycles. The van der Waals surface area contributed by atoms with Crippen LogP contribution in [-0.2, 0) is 10.8 Å². The molecule has 18 rings (SSSR count). The number of fused-ring (bicyclic) bond motifs is 12. The van der Waals surface area contributed by atoms with E-state index in [0.29, 0.717) is 5.92 Å². The van der Waals surface area contributed by atoms with E-state index in [-0.39, 0.29) is 10.8 Å². The highest BCUT2D eigenvalue weighted by molar-refractivity contribution is 6.15. The summed E-state index contributed by atoms with van der Waals surface area (Å²) in [6, 6.07) is 105. The Morgan fingerprint density at radius 1 is 0.326 bits per heavy atom. The van der Waals surface area contributed by atoms with E-state index in [4.69, 9.17) is 8.83 Å². The number of hydrogen-bond acceptors (Lipinski definition) is 4. The number of hydrogen-bond donors (Lipinski definition) is 0. The molecule has 2 aromatic heterocycles. The highest BCUT2D eigenvalue weighted by Gasteiger charge is 2.40. The second-order valence-electron chi connectivity index (χ2n) is 27.1. The van der Waals surface area contributed by atoms with E-state index in [1.165, 1.54) is 66.8 Å². The van der Waals surface area contributed by atoms with Gasteiger partial charge in [0.15, 0.2) is 5.58 Å². The van der Waals surface area contributed by atoms with E-state index in [9.17, 15) is 0 Å². The lowest BCUT2D eigenvalue weighted by molar-refractivity contribution is 0.660. The van der Waals surface area contributed by atoms with E-state index in [0.717, 1.165) is 118 Å². The summed E-state index contributed by atoms with van der Waals surface area (Å²) in [6.07, 6.45) is 7.80. The van der Waals surface area contributed by atoms with Gasteiger partial charge in [-0.05, 0) is 163 Å². The topological polar surface area (TPSA) is 32.8 Å². The van der Waals surface area contributed by atoms with E-state index >= 15 is 0 Å². The van der Waals surface area contributed by atoms with Crippen molar-refractivity contribution in [3.05, 3.63) is 331 Å². The Kier molecular flexibility index (Phi) is 12.9. The van der Waals surface area contributed by atoms with Crippen LogP contribution < -0.4 is 9.80 Å². The van der Waals surface area contributed by atoms with E-state index < -0.39 is 0 Å². The quantitative estimate of drug-likeness (QED) is 0.129. The molecule has 0 radical (unpaired) electrons. The van der Waals surface area contributed by atoms with Gasteiger partial charge in [0.1, 0.15) is 16.7 Å². The molecule has 2 heterocycles. The minimum absolute atomic E-state index is 0.146. The molecule has 3 aliphatic carbocycles. The molecular formula is C91H68N2O2. The van der Waals surface area contributed by atoms with E-state index in [1.54, 1.807) is 0 Å². The zero-order valence-electron chi connectivity index (χ0n) is 53.9. The van der Waals surface area contributed by atoms with Crippen molar-refractivity contribution >= 4 is 83.6 Å². The van der Waals surface area contributed by atoms with Crippen LogP contribution in [0.15, 0.2) is 312 Å². The number of furan rings is 2. The SMILES string of the molecule is CC1CC=CC=C1c1ccc(N(c2ccc(-c3cc(-c4ccc(-c5cccc6c5oc5c(N(c7ccc(-c8ccccc8)cc7)c7cccc8c7-c7ccccc7C8(C)C)cccc56)cc4)cc4c3oc3ccccc34)cc2)c2cccc3c2-c2ccccc2C3(C)C)cc1. The highest BCUT2D eigenvalue weighted by Crippen LogP contribution is 2.57. The van der Waals surface area contributed by atoms with Crippen molar-refractivity contribution in [2.75, 3.05) is 9.80 Å². The first-order valence-corrected chi connectivity index (χ1v) is 33.4. The third kappa shape index (κ3) is 8.95. The van der Waals surface area contributed by atoms with Crippen LogP contribution in [0.25, 0.3) is 116 Å². The van der Waals surface area contributed by atoms with Crippen LogP contribution in [0.2, 0.25) is 0 Å². The van der Waals surface area contributed by atoms with Crippen molar-refractivity contribution in [3.63, 3.8) is 0 Å². The molecule has 0 saturated heterocycles. The second kappa shape index (κ2) is 21.8. The van der Waals surface area contributed by atoms with Gasteiger partial charge in [-0.25, -0.2) is 0 Å². The van der Waals surface area contributed by atoms with Crippen molar-refractivity contribution < 1.29 is 8.83 Å². The van der Waals surface area contributed by atoms with Crippen molar-refractivity contribution in [2.45, 2.75) is 51.9 Å². The van der Waals surface area contributed by atoms with Gasteiger partial charge in [-0.3, -0.25) is 0 Å². The average molecular weight is 1220 g/mol. The summed E-state index contributed by atoms with van der Waals surface area (Å²) in [4.78, 5) is 4.88. The summed E-state index contributed by atoms with van der Waals surface area (Å²) >= 11 is 0. The van der Waals surface area contributed by atoms with Gasteiger partial charge in [0.25, 0.3) is 0 Å². The van der Waals surface area contributed by atoms with Gasteiger partial charge in [-0.2, -0.15) is 0 Å². The zero-order chi connectivity index (χ0) is 63.7. The molecule has 4 nitrogen and oxygen atoms in total. The second-order valence-corrected chi connectivity index (χ2v) is 27.1. The fourth-order valence-electron chi connectivity index (χ4n) is 16.1. The normalized spacial score (nSPS) is 14.8. The van der Waals surface area contributed by atoms with Crippen LogP contribution in [-0.4, -0.2) is 0 Å². The number of anilines is 6. The monoisotopic (exact) mass is 1220 g/mol. The Balaban J connectivity index is 0.731. The fourth-order valence-corrected chi connectivity index (χ4v) is 16.1. The zero-order valence-corrected chi connectivity index (χ0v) is 53.9. The molecule has 0 saturated carbocycles. The summed E-state index contributed by atoms with van der Waals surface area (Å²) < 4.78 is 14.2. The summed E-state index contributed by atoms with van der Waals surface area (Å²) in [5.41, 5.74) is 31.5. The van der Waals surface area contributed by atoms with Gasteiger partial charge in [0, 0.05) is 71.7 Å². The van der Waals surface area contributed by atoms with Gasteiger partial charge in [0.05, 0.1) is 17.1 Å². The van der Waals surface area contributed by atoms with E-state index in [1.807, 2.05) is 0 Å². The molecule has 0 aliphatic heterocycles. The van der Waals surface area contributed by atoms with Gasteiger partial charge in [-0.15, -0.1) is 0 Å². The number of benzene rings is 13. The molecule has 0 N–H and O–H groups in total. The fraction of sp³-hybridized carbons (Fsp3) is 0.0989. The van der Waals surface area contributed by atoms with Crippen LogP contribution in [0.1, 0.15) is 68.9 Å². The Labute approximate surface area is 554 Å². The van der Waals surface area contributed by atoms with Crippen LogP contribution in [0.3, 0.4) is 0 Å². The maximum absolute atomic E-state index is 7.36. The standard InChI is InChI=1S/C91H68N2O2/c1-57-21-9-10-24-68(57)61-45-51-65(52-46-61)92(81-35-19-33-79-85(81)73-26-11-14-31-77(73)90(79,2)3)66-53-47-63(48-54-66)75-55-64(56-76-70-25-13-16-38-84(70)94-88(75)76)60-39-41-62(42-40-60)69-28-17-29-71-72-30-18-37-83(89(72)95-87(69)71)93(67-49-43-59(44-50-67)58-22-7-6-8-23-58)82-36-20-34-80-86(82)74-27-12-15-32-78(74)91(80,4)5/h6-20,22-57H,21H2,1-5H3. The molecule has 0 fully saturated rings. The minimum Gasteiger partial charge on any atom is -0.455 e. The molecular weight excluding hydrogens is 1150 g/mol. The van der Waals surface area contributed by atoms with Crippen LogP contribution in [0, 0.1) is 5.92 Å². The van der Waals surface area contributed by atoms with Gasteiger partial charge in [-0.1, -0.05) is 265 Å². The molecule has 3 aliphatic rings. The minimum atomic E-state index is -0.173. The third-order valence-electron chi connectivity index (χ3n) is 21.0. The molecule has 15 aromatic rings. The number of nitrogens with zero attached hydrogens (tertiary/aromatic N) is 2. The Hall–Kier alpha value is -11.5. The molecule has 454 valence electrons. The molecule has 4 heteroatoms. The third-order valence-corrected chi connectivity index (χ3v) is 21.0. The smallest absolute Gasteiger partial charge is 0.159 e. The molecule has 1 atom stereocenters. The number of allylic oxidation sites excluding steroid dienone is 4. The van der Waals surface area contributed by atoms with Gasteiger partial charge < -0.3 is 18.6 Å². The number of para-hydroxylation sites is 3. The Bertz CT molecular complexity index is 5620. The predicted molar refractivity (Wildman–Crippen MR) is 398 cm³/mol. The van der Waals surface area contributed by atoms with Crippen molar-refractivity contribution in [3.8, 4) is 66.8 Å². The number of rotatable bonds is 11.